The number of hydrogen-bond acceptors (Lipinski definition) is 5. The van der Waals surface area contributed by atoms with Crippen molar-refractivity contribution in [2.24, 2.45) is 28.6 Å². The molecule has 1 unspecified atom stereocenters. The van der Waals surface area contributed by atoms with E-state index in [2.05, 4.69) is 32.9 Å². The largest absolute Gasteiger partial charge is 0.457 e. The minimum atomic E-state index is -1.15. The number of esters is 2. The standard InChI is InChI=1S/C33H42O5/c1-21-19-25-27(31(4)16-10-9-13-26(21)31)14-17-32(5)28(25)15-18-33(32,22(2)34)38-30(36)20-29(37-23(3)35)24-11-7-6-8-12-24/h6-8,11-13,19,25,27-29H,9-10,14-18,20H2,1-5H3/t25-,27+,28+,29?,31+,32+,33+/m1/s1. The van der Waals surface area contributed by atoms with Crippen molar-refractivity contribution in [3.8, 4) is 0 Å². The molecule has 5 heteroatoms. The van der Waals surface area contributed by atoms with Crippen LogP contribution in [0.2, 0.25) is 0 Å². The molecule has 0 saturated heterocycles. The molecule has 0 aromatic heterocycles. The van der Waals surface area contributed by atoms with Gasteiger partial charge >= 0.3 is 11.9 Å². The fourth-order valence-corrected chi connectivity index (χ4v) is 8.93. The molecule has 1 aromatic carbocycles. The first kappa shape index (κ1) is 26.9. The molecule has 0 bridgehead atoms. The number of Topliss-reactive ketones (excluding diaryl/α,β-unsaturated/α-hetero) is 1. The smallest absolute Gasteiger partial charge is 0.310 e. The summed E-state index contributed by atoms with van der Waals surface area (Å²) in [7, 11) is 0. The van der Waals surface area contributed by atoms with Gasteiger partial charge in [0.2, 0.25) is 0 Å². The van der Waals surface area contributed by atoms with Crippen LogP contribution in [0.4, 0.5) is 0 Å². The van der Waals surface area contributed by atoms with Crippen LogP contribution in [-0.4, -0.2) is 23.3 Å². The molecule has 1 aromatic rings. The predicted molar refractivity (Wildman–Crippen MR) is 146 cm³/mol. The predicted octanol–water partition coefficient (Wildman–Crippen LogP) is 7.07. The van der Waals surface area contributed by atoms with Gasteiger partial charge in [-0.3, -0.25) is 14.4 Å². The first-order chi connectivity index (χ1) is 18.0. The molecule has 0 heterocycles. The topological polar surface area (TPSA) is 69.7 Å². The van der Waals surface area contributed by atoms with Crippen molar-refractivity contribution in [1.29, 1.82) is 0 Å². The van der Waals surface area contributed by atoms with Crippen LogP contribution < -0.4 is 0 Å². The van der Waals surface area contributed by atoms with Crippen molar-refractivity contribution in [3.05, 3.63) is 59.2 Å². The first-order valence-electron chi connectivity index (χ1n) is 14.4. The first-order valence-corrected chi connectivity index (χ1v) is 14.4. The Bertz CT molecular complexity index is 1180. The Balaban J connectivity index is 1.43. The molecule has 5 rings (SSSR count). The number of benzene rings is 1. The summed E-state index contributed by atoms with van der Waals surface area (Å²) in [5.74, 6) is 0.209. The van der Waals surface area contributed by atoms with E-state index in [1.54, 1.807) is 6.92 Å². The summed E-state index contributed by atoms with van der Waals surface area (Å²) in [5, 5.41) is 0. The Morgan fingerprint density at radius 1 is 1.00 bits per heavy atom. The molecule has 204 valence electrons. The fraction of sp³-hybridized carbons (Fsp3) is 0.606. The Morgan fingerprint density at radius 2 is 1.71 bits per heavy atom. The van der Waals surface area contributed by atoms with Gasteiger partial charge in [-0.2, -0.15) is 0 Å². The summed E-state index contributed by atoms with van der Waals surface area (Å²) in [4.78, 5) is 38.7. The van der Waals surface area contributed by atoms with Gasteiger partial charge in [0.05, 0.1) is 6.42 Å². The molecule has 0 spiro atoms. The number of ketones is 1. The third-order valence-electron chi connectivity index (χ3n) is 10.7. The lowest BCUT2D eigenvalue weighted by Crippen LogP contribution is -2.58. The summed E-state index contributed by atoms with van der Waals surface area (Å²) in [6.45, 7) is 9.82. The van der Waals surface area contributed by atoms with Crippen LogP contribution in [0.5, 0.6) is 0 Å². The molecule has 7 atom stereocenters. The number of hydrogen-bond donors (Lipinski definition) is 0. The van der Waals surface area contributed by atoms with Crippen molar-refractivity contribution >= 4 is 17.7 Å². The molecule has 38 heavy (non-hydrogen) atoms. The Labute approximate surface area is 227 Å². The number of fused-ring (bicyclic) bond motifs is 5. The zero-order valence-electron chi connectivity index (χ0n) is 23.5. The second-order valence-corrected chi connectivity index (χ2v) is 12.6. The number of ether oxygens (including phenoxy) is 2. The highest BCUT2D eigenvalue weighted by Crippen LogP contribution is 2.68. The lowest BCUT2D eigenvalue weighted by atomic mass is 9.47. The van der Waals surface area contributed by atoms with Crippen LogP contribution in [0.15, 0.2) is 53.6 Å². The van der Waals surface area contributed by atoms with Crippen molar-refractivity contribution < 1.29 is 23.9 Å². The number of rotatable bonds is 6. The van der Waals surface area contributed by atoms with Crippen LogP contribution >= 0.6 is 0 Å². The van der Waals surface area contributed by atoms with Crippen molar-refractivity contribution in [2.45, 2.75) is 97.7 Å². The van der Waals surface area contributed by atoms with Crippen LogP contribution in [0.3, 0.4) is 0 Å². The van der Waals surface area contributed by atoms with E-state index in [1.807, 2.05) is 30.3 Å². The highest BCUT2D eigenvalue weighted by Gasteiger charge is 2.67. The van der Waals surface area contributed by atoms with Gasteiger partial charge < -0.3 is 9.47 Å². The van der Waals surface area contributed by atoms with Crippen molar-refractivity contribution in [3.63, 3.8) is 0 Å². The average Bonchev–Trinajstić information content (AvgIpc) is 3.17. The van der Waals surface area contributed by atoms with Gasteiger partial charge in [0.25, 0.3) is 0 Å². The SMILES string of the molecule is CC(=O)OC(CC(=O)O[C@]1(C(C)=O)CC[C@H]2[C@@H]3C=C(C)C4=CCCC[C@]4(C)[C@H]3CC[C@@]21C)c1ccccc1. The van der Waals surface area contributed by atoms with Crippen LogP contribution in [-0.2, 0) is 23.9 Å². The van der Waals surface area contributed by atoms with E-state index in [-0.39, 0.29) is 23.5 Å². The highest BCUT2D eigenvalue weighted by atomic mass is 16.6. The molecule has 4 aliphatic carbocycles. The zero-order chi connectivity index (χ0) is 27.3. The summed E-state index contributed by atoms with van der Waals surface area (Å²) >= 11 is 0. The van der Waals surface area contributed by atoms with Crippen LogP contribution in [0, 0.1) is 28.6 Å². The third kappa shape index (κ3) is 4.17. The maximum atomic E-state index is 13.5. The summed E-state index contributed by atoms with van der Waals surface area (Å²) in [6, 6.07) is 9.25. The number of allylic oxidation sites excluding steroid dienone is 4. The summed E-state index contributed by atoms with van der Waals surface area (Å²) in [6.07, 6.45) is 11.0. The quantitative estimate of drug-likeness (QED) is 0.377. The lowest BCUT2D eigenvalue weighted by molar-refractivity contribution is -0.189. The van der Waals surface area contributed by atoms with E-state index in [0.29, 0.717) is 18.3 Å². The van der Waals surface area contributed by atoms with Gasteiger partial charge in [0, 0.05) is 12.3 Å². The van der Waals surface area contributed by atoms with Crippen molar-refractivity contribution in [1.82, 2.24) is 0 Å². The van der Waals surface area contributed by atoms with Crippen molar-refractivity contribution in [2.75, 3.05) is 0 Å². The maximum absolute atomic E-state index is 13.5. The molecule has 0 amide bonds. The van der Waals surface area contributed by atoms with Gasteiger partial charge in [-0.15, -0.1) is 0 Å². The minimum absolute atomic E-state index is 0.0704. The normalized spacial score (nSPS) is 36.5. The van der Waals surface area contributed by atoms with E-state index in [0.717, 1.165) is 31.2 Å². The van der Waals surface area contributed by atoms with E-state index < -0.39 is 29.1 Å². The van der Waals surface area contributed by atoms with Crippen LogP contribution in [0.1, 0.15) is 97.7 Å². The lowest BCUT2D eigenvalue weighted by Gasteiger charge is -2.58. The molecule has 2 saturated carbocycles. The molecular weight excluding hydrogens is 476 g/mol. The van der Waals surface area contributed by atoms with E-state index in [9.17, 15) is 14.4 Å². The minimum Gasteiger partial charge on any atom is -0.457 e. The molecule has 0 radical (unpaired) electrons. The molecular formula is C33H42O5. The fourth-order valence-electron chi connectivity index (χ4n) is 8.93. The number of carbonyl (C=O) groups excluding carboxylic acids is 3. The maximum Gasteiger partial charge on any atom is 0.310 e. The van der Waals surface area contributed by atoms with Gasteiger partial charge in [-0.25, -0.2) is 0 Å². The van der Waals surface area contributed by atoms with E-state index in [1.165, 1.54) is 30.9 Å². The second-order valence-electron chi connectivity index (χ2n) is 12.6. The third-order valence-corrected chi connectivity index (χ3v) is 10.7. The zero-order valence-corrected chi connectivity index (χ0v) is 23.5. The van der Waals surface area contributed by atoms with E-state index in [4.69, 9.17) is 9.47 Å². The van der Waals surface area contributed by atoms with Gasteiger partial charge in [-0.05, 0) is 93.1 Å². The monoisotopic (exact) mass is 518 g/mol. The second kappa shape index (κ2) is 9.81. The Kier molecular flexibility index (Phi) is 6.94. The summed E-state index contributed by atoms with van der Waals surface area (Å²) in [5.41, 5.74) is 2.27. The molecule has 0 N–H and O–H groups in total. The molecule has 4 aliphatic rings. The summed E-state index contributed by atoms with van der Waals surface area (Å²) < 4.78 is 11.8. The average molecular weight is 519 g/mol. The highest BCUT2D eigenvalue weighted by molar-refractivity contribution is 5.89. The number of carbonyl (C=O) groups is 3. The Hall–Kier alpha value is -2.69. The van der Waals surface area contributed by atoms with Gasteiger partial charge in [0.1, 0.15) is 6.10 Å². The molecule has 2 fully saturated rings. The Morgan fingerprint density at radius 3 is 2.39 bits per heavy atom. The van der Waals surface area contributed by atoms with E-state index >= 15 is 0 Å². The van der Waals surface area contributed by atoms with Crippen LogP contribution in [0.25, 0.3) is 0 Å². The van der Waals surface area contributed by atoms with Gasteiger partial charge in [-0.1, -0.05) is 61.9 Å². The van der Waals surface area contributed by atoms with Gasteiger partial charge in [0.15, 0.2) is 11.4 Å². The molecule has 0 aliphatic heterocycles. The molecule has 5 nitrogen and oxygen atoms in total.